The highest BCUT2D eigenvalue weighted by molar-refractivity contribution is 5.75. The Morgan fingerprint density at radius 2 is 1.71 bits per heavy atom. The molecule has 1 aromatic rings. The zero-order valence-corrected chi connectivity index (χ0v) is 15.5. The van der Waals surface area contributed by atoms with E-state index in [0.717, 1.165) is 11.1 Å². The zero-order chi connectivity index (χ0) is 18.5. The fourth-order valence-electron chi connectivity index (χ4n) is 2.39. The van der Waals surface area contributed by atoms with Crippen LogP contribution in [0.5, 0.6) is 11.5 Å². The standard InChI is InChI=1S/C18H27NO5/c1-8-19-16(20)23-14-11(3)10-13(18(5,6)7)12(4)15(14)24-17(21)22-9-2/h10H,8-9H2,1-7H3,(H,19,20). The molecule has 0 aromatic heterocycles. The van der Waals surface area contributed by atoms with E-state index < -0.39 is 12.2 Å². The highest BCUT2D eigenvalue weighted by Gasteiger charge is 2.26. The van der Waals surface area contributed by atoms with Gasteiger partial charge >= 0.3 is 12.2 Å². The number of aryl methyl sites for hydroxylation is 1. The third-order valence-electron chi connectivity index (χ3n) is 3.44. The minimum Gasteiger partial charge on any atom is -0.434 e. The minimum atomic E-state index is -0.827. The summed E-state index contributed by atoms with van der Waals surface area (Å²) in [6.07, 6.45) is -1.43. The molecular weight excluding hydrogens is 310 g/mol. The van der Waals surface area contributed by atoms with Crippen LogP contribution < -0.4 is 14.8 Å². The van der Waals surface area contributed by atoms with Crippen molar-refractivity contribution in [2.45, 2.75) is 53.9 Å². The van der Waals surface area contributed by atoms with Crippen molar-refractivity contribution in [3.63, 3.8) is 0 Å². The van der Waals surface area contributed by atoms with Crippen LogP contribution in [0.3, 0.4) is 0 Å². The van der Waals surface area contributed by atoms with Crippen molar-refractivity contribution >= 4 is 12.2 Å². The number of nitrogens with one attached hydrogen (secondary N) is 1. The third-order valence-corrected chi connectivity index (χ3v) is 3.44. The van der Waals surface area contributed by atoms with E-state index in [1.165, 1.54) is 0 Å². The molecule has 0 aliphatic carbocycles. The van der Waals surface area contributed by atoms with Crippen LogP contribution >= 0.6 is 0 Å². The Hall–Kier alpha value is -2.24. The number of hydrogen-bond donors (Lipinski definition) is 1. The van der Waals surface area contributed by atoms with Crippen LogP contribution in [0.2, 0.25) is 0 Å². The topological polar surface area (TPSA) is 73.9 Å². The van der Waals surface area contributed by atoms with Crippen molar-refractivity contribution in [1.82, 2.24) is 5.32 Å². The minimum absolute atomic E-state index is 0.161. The summed E-state index contributed by atoms with van der Waals surface area (Å²) in [7, 11) is 0. The van der Waals surface area contributed by atoms with Crippen LogP contribution in [-0.2, 0) is 10.2 Å². The van der Waals surface area contributed by atoms with Crippen molar-refractivity contribution in [2.24, 2.45) is 0 Å². The zero-order valence-electron chi connectivity index (χ0n) is 15.5. The van der Waals surface area contributed by atoms with E-state index in [-0.39, 0.29) is 23.5 Å². The smallest absolute Gasteiger partial charge is 0.434 e. The van der Waals surface area contributed by atoms with Gasteiger partial charge in [0.05, 0.1) is 6.61 Å². The number of carbonyl (C=O) groups excluding carboxylic acids is 2. The van der Waals surface area contributed by atoms with Gasteiger partial charge in [0.25, 0.3) is 0 Å². The lowest BCUT2D eigenvalue weighted by Gasteiger charge is -2.25. The monoisotopic (exact) mass is 337 g/mol. The average molecular weight is 337 g/mol. The van der Waals surface area contributed by atoms with E-state index in [9.17, 15) is 9.59 Å². The first-order chi connectivity index (χ1) is 11.1. The molecule has 0 atom stereocenters. The molecule has 134 valence electrons. The molecule has 1 N–H and O–H groups in total. The Morgan fingerprint density at radius 1 is 1.08 bits per heavy atom. The number of rotatable bonds is 4. The van der Waals surface area contributed by atoms with Crippen LogP contribution in [0.1, 0.15) is 51.3 Å². The molecule has 6 heteroatoms. The molecule has 0 bridgehead atoms. The summed E-state index contributed by atoms with van der Waals surface area (Å²) in [6.45, 7) is 13.9. The van der Waals surface area contributed by atoms with Gasteiger partial charge in [-0.05, 0) is 49.8 Å². The summed E-state index contributed by atoms with van der Waals surface area (Å²) in [5, 5.41) is 2.56. The van der Waals surface area contributed by atoms with Gasteiger partial charge in [0.15, 0.2) is 11.5 Å². The maximum absolute atomic E-state index is 11.8. The van der Waals surface area contributed by atoms with Crippen LogP contribution in [0.25, 0.3) is 0 Å². The molecule has 0 saturated heterocycles. The Morgan fingerprint density at radius 3 is 2.21 bits per heavy atom. The lowest BCUT2D eigenvalue weighted by molar-refractivity contribution is 0.102. The van der Waals surface area contributed by atoms with Gasteiger partial charge in [-0.1, -0.05) is 26.8 Å². The first-order valence-corrected chi connectivity index (χ1v) is 8.06. The van der Waals surface area contributed by atoms with Gasteiger partial charge in [-0.2, -0.15) is 0 Å². The van der Waals surface area contributed by atoms with Gasteiger partial charge in [-0.3, -0.25) is 0 Å². The van der Waals surface area contributed by atoms with Crippen molar-refractivity contribution in [3.8, 4) is 11.5 Å². The van der Waals surface area contributed by atoms with Crippen molar-refractivity contribution in [2.75, 3.05) is 13.2 Å². The van der Waals surface area contributed by atoms with Crippen molar-refractivity contribution in [1.29, 1.82) is 0 Å². The lowest BCUT2D eigenvalue weighted by Crippen LogP contribution is -2.27. The molecule has 0 aliphatic heterocycles. The summed E-state index contributed by atoms with van der Waals surface area (Å²) in [6, 6.07) is 1.95. The molecule has 0 radical (unpaired) electrons. The van der Waals surface area contributed by atoms with Gasteiger partial charge in [0.1, 0.15) is 0 Å². The van der Waals surface area contributed by atoms with E-state index in [0.29, 0.717) is 12.1 Å². The third kappa shape index (κ3) is 4.88. The fraction of sp³-hybridized carbons (Fsp3) is 0.556. The van der Waals surface area contributed by atoms with Crippen LogP contribution in [0.4, 0.5) is 9.59 Å². The number of carbonyl (C=O) groups is 2. The van der Waals surface area contributed by atoms with Gasteiger partial charge in [0, 0.05) is 6.54 Å². The van der Waals surface area contributed by atoms with E-state index >= 15 is 0 Å². The second-order valence-corrected chi connectivity index (χ2v) is 6.48. The first kappa shape index (κ1) is 19.8. The number of amides is 1. The molecule has 0 unspecified atom stereocenters. The van der Waals surface area contributed by atoms with Crippen molar-refractivity contribution in [3.05, 3.63) is 22.8 Å². The molecular formula is C18H27NO5. The fourth-order valence-corrected chi connectivity index (χ4v) is 2.39. The number of benzene rings is 1. The van der Waals surface area contributed by atoms with Gasteiger partial charge < -0.3 is 19.5 Å². The lowest BCUT2D eigenvalue weighted by atomic mass is 9.82. The van der Waals surface area contributed by atoms with Crippen molar-refractivity contribution < 1.29 is 23.8 Å². The molecule has 1 amide bonds. The second kappa shape index (κ2) is 8.04. The molecule has 1 rings (SSSR count). The van der Waals surface area contributed by atoms with Gasteiger partial charge in [0.2, 0.25) is 0 Å². The highest BCUT2D eigenvalue weighted by atomic mass is 16.7. The van der Waals surface area contributed by atoms with Gasteiger partial charge in [-0.25, -0.2) is 9.59 Å². The van der Waals surface area contributed by atoms with E-state index in [1.807, 2.05) is 13.0 Å². The van der Waals surface area contributed by atoms with E-state index in [2.05, 4.69) is 26.1 Å². The summed E-state index contributed by atoms with van der Waals surface area (Å²) in [5.74, 6) is 0.434. The average Bonchev–Trinajstić information content (AvgIpc) is 2.45. The second-order valence-electron chi connectivity index (χ2n) is 6.48. The highest BCUT2D eigenvalue weighted by Crippen LogP contribution is 2.41. The molecule has 0 aliphatic rings. The first-order valence-electron chi connectivity index (χ1n) is 8.06. The number of hydrogen-bond acceptors (Lipinski definition) is 5. The molecule has 1 aromatic carbocycles. The molecule has 24 heavy (non-hydrogen) atoms. The molecule has 0 spiro atoms. The number of ether oxygens (including phenoxy) is 3. The van der Waals surface area contributed by atoms with E-state index in [4.69, 9.17) is 14.2 Å². The SMILES string of the molecule is CCNC(=O)Oc1c(C)cc(C(C)(C)C)c(C)c1OC(=O)OCC. The maximum Gasteiger partial charge on any atom is 0.513 e. The van der Waals surface area contributed by atoms with Crippen LogP contribution in [-0.4, -0.2) is 25.4 Å². The normalized spacial score (nSPS) is 11.0. The summed E-state index contributed by atoms with van der Waals surface area (Å²) < 4.78 is 15.6. The molecule has 0 fully saturated rings. The van der Waals surface area contributed by atoms with Crippen LogP contribution in [0, 0.1) is 13.8 Å². The Kier molecular flexibility index (Phi) is 6.63. The largest absolute Gasteiger partial charge is 0.513 e. The summed E-state index contributed by atoms with van der Waals surface area (Å²) >= 11 is 0. The maximum atomic E-state index is 11.8. The predicted octanol–water partition coefficient (Wildman–Crippen LogP) is 4.24. The molecule has 6 nitrogen and oxygen atoms in total. The summed E-state index contributed by atoms with van der Waals surface area (Å²) in [4.78, 5) is 23.6. The predicted molar refractivity (Wildman–Crippen MR) is 92.0 cm³/mol. The van der Waals surface area contributed by atoms with Gasteiger partial charge in [-0.15, -0.1) is 0 Å². The quantitative estimate of drug-likeness (QED) is 0.657. The molecule has 0 heterocycles. The Labute approximate surface area is 143 Å². The Bertz CT molecular complexity index is 617. The van der Waals surface area contributed by atoms with Crippen LogP contribution in [0.15, 0.2) is 6.07 Å². The molecule has 0 saturated carbocycles. The van der Waals surface area contributed by atoms with E-state index in [1.54, 1.807) is 20.8 Å². The summed E-state index contributed by atoms with van der Waals surface area (Å²) in [5.41, 5.74) is 2.28. The Balaban J connectivity index is 3.42.